The number of nitrogens with zero attached hydrogens (tertiary/aromatic N) is 2. The summed E-state index contributed by atoms with van der Waals surface area (Å²) in [5, 5.41) is 11.2. The van der Waals surface area contributed by atoms with Crippen LogP contribution in [0.4, 0.5) is 10.5 Å². The first-order valence-electron chi connectivity index (χ1n) is 11.2. The Hall–Kier alpha value is -3.05. The van der Waals surface area contributed by atoms with E-state index in [1.165, 1.54) is 12.1 Å². The predicted molar refractivity (Wildman–Crippen MR) is 151 cm³/mol. The average molecular weight is 638 g/mol. The standard InChI is InChI=1S/C26H19BrCl2N2O6S/c1-2-36-22-11-16(10-19(27)24(22)37-14-15-6-8-17(9-7-15)31(34)35)12-23-25(32)30(26(33)38-23)13-18-20(28)4-3-5-21(18)29/h3-12H,2,13-14H2,1H3/b23-12-. The van der Waals surface area contributed by atoms with Crippen LogP contribution in [0, 0.1) is 10.1 Å². The van der Waals surface area contributed by atoms with Gasteiger partial charge in [-0.15, -0.1) is 0 Å². The molecule has 1 saturated heterocycles. The topological polar surface area (TPSA) is 99.0 Å². The minimum Gasteiger partial charge on any atom is -0.490 e. The Morgan fingerprint density at radius 2 is 1.76 bits per heavy atom. The molecule has 1 heterocycles. The van der Waals surface area contributed by atoms with E-state index in [0.717, 1.165) is 22.2 Å². The van der Waals surface area contributed by atoms with Crippen molar-refractivity contribution in [3.8, 4) is 11.5 Å². The van der Waals surface area contributed by atoms with Crippen molar-refractivity contribution in [3.05, 3.63) is 101 Å². The molecule has 12 heteroatoms. The van der Waals surface area contributed by atoms with Gasteiger partial charge in [-0.3, -0.25) is 24.6 Å². The second-order valence-corrected chi connectivity index (χ2v) is 10.6. The molecule has 0 spiro atoms. The second kappa shape index (κ2) is 12.2. The molecule has 0 saturated carbocycles. The Balaban J connectivity index is 1.55. The van der Waals surface area contributed by atoms with Crippen molar-refractivity contribution in [2.75, 3.05) is 6.61 Å². The summed E-state index contributed by atoms with van der Waals surface area (Å²) in [7, 11) is 0. The third-order valence-electron chi connectivity index (χ3n) is 5.41. The van der Waals surface area contributed by atoms with E-state index in [1.54, 1.807) is 48.5 Å². The number of ether oxygens (including phenoxy) is 2. The molecule has 3 aromatic rings. The van der Waals surface area contributed by atoms with E-state index in [0.29, 0.717) is 43.8 Å². The van der Waals surface area contributed by atoms with Crippen LogP contribution in [0.2, 0.25) is 10.0 Å². The first-order valence-corrected chi connectivity index (χ1v) is 13.5. The molecule has 38 heavy (non-hydrogen) atoms. The van der Waals surface area contributed by atoms with Crippen molar-refractivity contribution in [2.24, 2.45) is 0 Å². The maximum absolute atomic E-state index is 13.1. The first kappa shape index (κ1) is 28.0. The van der Waals surface area contributed by atoms with Gasteiger partial charge in [-0.25, -0.2) is 0 Å². The van der Waals surface area contributed by atoms with Gasteiger partial charge in [0.05, 0.1) is 27.5 Å². The van der Waals surface area contributed by atoms with Gasteiger partial charge < -0.3 is 9.47 Å². The SMILES string of the molecule is CCOc1cc(/C=C2\SC(=O)N(Cc3c(Cl)cccc3Cl)C2=O)cc(Br)c1OCc1ccc([N+](=O)[O-])cc1. The number of amides is 2. The molecule has 0 atom stereocenters. The highest BCUT2D eigenvalue weighted by atomic mass is 79.9. The van der Waals surface area contributed by atoms with Crippen LogP contribution in [-0.4, -0.2) is 27.6 Å². The summed E-state index contributed by atoms with van der Waals surface area (Å²) in [4.78, 5) is 37.4. The summed E-state index contributed by atoms with van der Waals surface area (Å²) in [6, 6.07) is 14.5. The minimum atomic E-state index is -0.465. The highest BCUT2D eigenvalue weighted by Gasteiger charge is 2.35. The largest absolute Gasteiger partial charge is 0.490 e. The number of carbonyl (C=O) groups excluding carboxylic acids is 2. The molecule has 0 bridgehead atoms. The lowest BCUT2D eigenvalue weighted by molar-refractivity contribution is -0.384. The van der Waals surface area contributed by atoms with Crippen LogP contribution in [0.5, 0.6) is 11.5 Å². The molecule has 4 rings (SSSR count). The van der Waals surface area contributed by atoms with Crippen molar-refractivity contribution in [2.45, 2.75) is 20.1 Å². The summed E-state index contributed by atoms with van der Waals surface area (Å²) in [6.07, 6.45) is 1.60. The number of imide groups is 1. The van der Waals surface area contributed by atoms with E-state index < -0.39 is 16.1 Å². The molecule has 0 unspecified atom stereocenters. The number of carbonyl (C=O) groups is 2. The monoisotopic (exact) mass is 636 g/mol. The Bertz CT molecular complexity index is 1430. The maximum Gasteiger partial charge on any atom is 0.293 e. The molecule has 2 amide bonds. The van der Waals surface area contributed by atoms with Gasteiger partial charge in [0, 0.05) is 27.7 Å². The lowest BCUT2D eigenvalue weighted by Crippen LogP contribution is -2.27. The van der Waals surface area contributed by atoms with Crippen LogP contribution in [0.1, 0.15) is 23.6 Å². The number of non-ortho nitro benzene ring substituents is 1. The van der Waals surface area contributed by atoms with Gasteiger partial charge in [-0.1, -0.05) is 29.3 Å². The van der Waals surface area contributed by atoms with Gasteiger partial charge in [0.2, 0.25) is 0 Å². The molecule has 3 aromatic carbocycles. The van der Waals surface area contributed by atoms with E-state index in [1.807, 2.05) is 6.92 Å². The first-order chi connectivity index (χ1) is 18.2. The molecular formula is C26H19BrCl2N2O6S. The fourth-order valence-corrected chi connectivity index (χ4v) is 5.50. The summed E-state index contributed by atoms with van der Waals surface area (Å²) in [6.45, 7) is 2.30. The number of hydrogen-bond donors (Lipinski definition) is 0. The number of nitro groups is 1. The van der Waals surface area contributed by atoms with Gasteiger partial charge in [0.1, 0.15) is 6.61 Å². The molecule has 8 nitrogen and oxygen atoms in total. The number of rotatable bonds is 9. The average Bonchev–Trinajstić information content (AvgIpc) is 3.13. The number of hydrogen-bond acceptors (Lipinski definition) is 7. The molecule has 1 fully saturated rings. The molecule has 1 aliphatic rings. The van der Waals surface area contributed by atoms with E-state index in [-0.39, 0.29) is 23.7 Å². The molecule has 1 aliphatic heterocycles. The highest BCUT2D eigenvalue weighted by Crippen LogP contribution is 2.40. The van der Waals surface area contributed by atoms with Gasteiger partial charge in [0.15, 0.2) is 11.5 Å². The van der Waals surface area contributed by atoms with E-state index in [4.69, 9.17) is 32.7 Å². The molecule has 0 aromatic heterocycles. The molecule has 0 N–H and O–H groups in total. The Labute approximate surface area is 240 Å². The van der Waals surface area contributed by atoms with Gasteiger partial charge in [-0.05, 0) is 88.2 Å². The Kier molecular flexibility index (Phi) is 8.99. The fraction of sp³-hybridized carbons (Fsp3) is 0.154. The van der Waals surface area contributed by atoms with Crippen LogP contribution in [0.3, 0.4) is 0 Å². The van der Waals surface area contributed by atoms with Crippen molar-refractivity contribution in [3.63, 3.8) is 0 Å². The zero-order valence-electron chi connectivity index (χ0n) is 19.8. The zero-order valence-corrected chi connectivity index (χ0v) is 23.7. The number of nitro benzene ring substituents is 1. The predicted octanol–water partition coefficient (Wildman–Crippen LogP) is 7.88. The fourth-order valence-electron chi connectivity index (χ4n) is 3.57. The van der Waals surface area contributed by atoms with Gasteiger partial charge in [-0.2, -0.15) is 0 Å². The van der Waals surface area contributed by atoms with Crippen LogP contribution >= 0.6 is 50.9 Å². The van der Waals surface area contributed by atoms with Crippen LogP contribution in [0.25, 0.3) is 6.08 Å². The number of thioether (sulfide) groups is 1. The third-order valence-corrected chi connectivity index (χ3v) is 7.62. The molecule has 0 radical (unpaired) electrons. The summed E-state index contributed by atoms with van der Waals surface area (Å²) in [5.41, 5.74) is 1.84. The normalized spacial score (nSPS) is 14.3. The summed E-state index contributed by atoms with van der Waals surface area (Å²) >= 11 is 16.8. The van der Waals surface area contributed by atoms with Crippen LogP contribution in [-0.2, 0) is 17.9 Å². The number of halogens is 3. The lowest BCUT2D eigenvalue weighted by atomic mass is 10.1. The Morgan fingerprint density at radius 3 is 2.39 bits per heavy atom. The van der Waals surface area contributed by atoms with Crippen LogP contribution in [0.15, 0.2) is 64.0 Å². The third kappa shape index (κ3) is 6.32. The molecular weight excluding hydrogens is 619 g/mol. The van der Waals surface area contributed by atoms with Crippen molar-refractivity contribution >= 4 is 73.8 Å². The van der Waals surface area contributed by atoms with E-state index >= 15 is 0 Å². The maximum atomic E-state index is 13.1. The smallest absolute Gasteiger partial charge is 0.293 e. The van der Waals surface area contributed by atoms with E-state index in [2.05, 4.69) is 15.9 Å². The van der Waals surface area contributed by atoms with Crippen molar-refractivity contribution < 1.29 is 24.0 Å². The van der Waals surface area contributed by atoms with Gasteiger partial charge >= 0.3 is 0 Å². The molecule has 196 valence electrons. The Morgan fingerprint density at radius 1 is 1.08 bits per heavy atom. The van der Waals surface area contributed by atoms with E-state index in [9.17, 15) is 19.7 Å². The van der Waals surface area contributed by atoms with Crippen molar-refractivity contribution in [1.82, 2.24) is 4.90 Å². The minimum absolute atomic E-state index is 0.00586. The molecule has 0 aliphatic carbocycles. The number of benzene rings is 3. The van der Waals surface area contributed by atoms with Crippen LogP contribution < -0.4 is 9.47 Å². The zero-order chi connectivity index (χ0) is 27.4. The summed E-state index contributed by atoms with van der Waals surface area (Å²) < 4.78 is 12.3. The van der Waals surface area contributed by atoms with Crippen molar-refractivity contribution in [1.29, 1.82) is 0 Å². The lowest BCUT2D eigenvalue weighted by Gasteiger charge is -2.15. The summed E-state index contributed by atoms with van der Waals surface area (Å²) in [5.74, 6) is 0.407. The quantitative estimate of drug-likeness (QED) is 0.134. The van der Waals surface area contributed by atoms with Gasteiger partial charge in [0.25, 0.3) is 16.8 Å². The second-order valence-electron chi connectivity index (χ2n) is 7.94. The highest BCUT2D eigenvalue weighted by molar-refractivity contribution is 9.10.